The van der Waals surface area contributed by atoms with E-state index in [1.165, 1.54) is 24.0 Å². The fourth-order valence-corrected chi connectivity index (χ4v) is 3.05. The van der Waals surface area contributed by atoms with Crippen LogP contribution in [0.2, 0.25) is 0 Å². The van der Waals surface area contributed by atoms with E-state index >= 15 is 0 Å². The van der Waals surface area contributed by atoms with E-state index in [0.29, 0.717) is 11.8 Å². The normalized spacial score (nSPS) is 17.6. The molecule has 1 aliphatic rings. The highest BCUT2D eigenvalue weighted by Gasteiger charge is 2.20. The minimum Gasteiger partial charge on any atom is -0.508 e. The Labute approximate surface area is 120 Å². The third-order valence-electron chi connectivity index (χ3n) is 4.24. The Kier molecular flexibility index (Phi) is 3.39. The lowest BCUT2D eigenvalue weighted by Gasteiger charge is -2.28. The molecule has 0 amide bonds. The molecule has 20 heavy (non-hydrogen) atoms. The highest BCUT2D eigenvalue weighted by Crippen LogP contribution is 2.34. The van der Waals surface area contributed by atoms with Crippen LogP contribution in [0, 0.1) is 13.8 Å². The molecule has 104 valence electrons. The predicted molar refractivity (Wildman–Crippen MR) is 83.3 cm³/mol. The van der Waals surface area contributed by atoms with Crippen molar-refractivity contribution in [2.75, 3.05) is 5.32 Å². The van der Waals surface area contributed by atoms with Crippen molar-refractivity contribution in [2.24, 2.45) is 0 Å². The molecule has 0 fully saturated rings. The molecular weight excluding hydrogens is 246 g/mol. The van der Waals surface area contributed by atoms with Crippen LogP contribution in [0.5, 0.6) is 5.75 Å². The van der Waals surface area contributed by atoms with Crippen LogP contribution in [0.4, 0.5) is 5.69 Å². The lowest BCUT2D eigenvalue weighted by atomic mass is 9.87. The fourth-order valence-electron chi connectivity index (χ4n) is 3.05. The molecule has 1 aliphatic carbocycles. The van der Waals surface area contributed by atoms with Gasteiger partial charge in [0.05, 0.1) is 6.04 Å². The molecular formula is C18H21NO. The van der Waals surface area contributed by atoms with E-state index in [2.05, 4.69) is 29.6 Å². The average molecular weight is 267 g/mol. The van der Waals surface area contributed by atoms with Crippen molar-refractivity contribution in [3.8, 4) is 5.75 Å². The minimum absolute atomic E-state index is 0.372. The molecule has 0 aliphatic heterocycles. The molecule has 0 aromatic heterocycles. The number of fused-ring (bicyclic) bond motifs is 1. The van der Waals surface area contributed by atoms with Crippen LogP contribution in [0.25, 0.3) is 0 Å². The topological polar surface area (TPSA) is 32.3 Å². The van der Waals surface area contributed by atoms with E-state index in [1.54, 1.807) is 0 Å². The lowest BCUT2D eigenvalue weighted by molar-refractivity contribution is 0.470. The Morgan fingerprint density at radius 1 is 1.10 bits per heavy atom. The molecule has 0 saturated heterocycles. The van der Waals surface area contributed by atoms with Crippen LogP contribution in [0.1, 0.15) is 41.1 Å². The SMILES string of the molecule is Cc1cc(NC2CCCc3ccccc32)c(C)cc1O. The molecule has 0 radical (unpaired) electrons. The van der Waals surface area contributed by atoms with Gasteiger partial charge >= 0.3 is 0 Å². The summed E-state index contributed by atoms with van der Waals surface area (Å²) in [5.41, 5.74) is 6.02. The van der Waals surface area contributed by atoms with Crippen molar-refractivity contribution in [3.05, 3.63) is 58.7 Å². The van der Waals surface area contributed by atoms with Crippen LogP contribution < -0.4 is 5.32 Å². The van der Waals surface area contributed by atoms with Gasteiger partial charge in [-0.25, -0.2) is 0 Å². The number of phenols is 1. The summed E-state index contributed by atoms with van der Waals surface area (Å²) in [7, 11) is 0. The molecule has 1 unspecified atom stereocenters. The number of benzene rings is 2. The molecule has 2 aromatic carbocycles. The monoisotopic (exact) mass is 267 g/mol. The number of phenolic OH excluding ortho intramolecular Hbond substituents is 1. The maximum atomic E-state index is 9.76. The molecule has 2 nitrogen and oxygen atoms in total. The quantitative estimate of drug-likeness (QED) is 0.785. The van der Waals surface area contributed by atoms with Crippen molar-refractivity contribution in [1.82, 2.24) is 0 Å². The summed E-state index contributed by atoms with van der Waals surface area (Å²) in [6, 6.07) is 13.0. The summed E-state index contributed by atoms with van der Waals surface area (Å²) in [5, 5.41) is 13.4. The second-order valence-electron chi connectivity index (χ2n) is 5.74. The van der Waals surface area contributed by atoms with Gasteiger partial charge in [-0.3, -0.25) is 0 Å². The Hall–Kier alpha value is -1.96. The van der Waals surface area contributed by atoms with Gasteiger partial charge in [0.15, 0.2) is 0 Å². The van der Waals surface area contributed by atoms with Gasteiger partial charge < -0.3 is 10.4 Å². The molecule has 2 N–H and O–H groups in total. The number of nitrogens with one attached hydrogen (secondary N) is 1. The number of hydrogen-bond acceptors (Lipinski definition) is 2. The van der Waals surface area contributed by atoms with Gasteiger partial charge in [-0.15, -0.1) is 0 Å². The maximum absolute atomic E-state index is 9.76. The molecule has 0 bridgehead atoms. The summed E-state index contributed by atoms with van der Waals surface area (Å²) < 4.78 is 0. The summed E-state index contributed by atoms with van der Waals surface area (Å²) in [6.07, 6.45) is 3.57. The van der Waals surface area contributed by atoms with E-state index in [1.807, 2.05) is 26.0 Å². The van der Waals surface area contributed by atoms with Crippen LogP contribution in [0.15, 0.2) is 36.4 Å². The summed E-state index contributed by atoms with van der Waals surface area (Å²) in [4.78, 5) is 0. The van der Waals surface area contributed by atoms with E-state index in [9.17, 15) is 5.11 Å². The molecule has 0 saturated carbocycles. The number of rotatable bonds is 2. The van der Waals surface area contributed by atoms with Crippen LogP contribution in [0.3, 0.4) is 0 Å². The first-order chi connectivity index (χ1) is 9.65. The molecule has 2 aromatic rings. The van der Waals surface area contributed by atoms with Gasteiger partial charge in [-0.2, -0.15) is 0 Å². The zero-order valence-corrected chi connectivity index (χ0v) is 12.1. The summed E-state index contributed by atoms with van der Waals surface area (Å²) >= 11 is 0. The molecule has 3 rings (SSSR count). The van der Waals surface area contributed by atoms with Crippen molar-refractivity contribution in [1.29, 1.82) is 0 Å². The third-order valence-corrected chi connectivity index (χ3v) is 4.24. The van der Waals surface area contributed by atoms with Gasteiger partial charge in [-0.05, 0) is 67.5 Å². The van der Waals surface area contributed by atoms with Crippen LogP contribution >= 0.6 is 0 Å². The molecule has 0 heterocycles. The zero-order valence-electron chi connectivity index (χ0n) is 12.1. The first-order valence-electron chi connectivity index (χ1n) is 7.29. The van der Waals surface area contributed by atoms with Gasteiger partial charge in [0, 0.05) is 5.69 Å². The number of hydrogen-bond donors (Lipinski definition) is 2. The first kappa shape index (κ1) is 13.0. The van der Waals surface area contributed by atoms with E-state index in [-0.39, 0.29) is 0 Å². The average Bonchev–Trinajstić information content (AvgIpc) is 2.45. The van der Waals surface area contributed by atoms with E-state index in [0.717, 1.165) is 23.2 Å². The maximum Gasteiger partial charge on any atom is 0.118 e. The van der Waals surface area contributed by atoms with Gasteiger partial charge in [0.25, 0.3) is 0 Å². The van der Waals surface area contributed by atoms with E-state index in [4.69, 9.17) is 0 Å². The largest absolute Gasteiger partial charge is 0.508 e. The number of anilines is 1. The van der Waals surface area contributed by atoms with Crippen molar-refractivity contribution in [3.63, 3.8) is 0 Å². The fraction of sp³-hybridized carbons (Fsp3) is 0.333. The number of aryl methyl sites for hydroxylation is 3. The third kappa shape index (κ3) is 2.38. The Balaban J connectivity index is 1.91. The van der Waals surface area contributed by atoms with Crippen LogP contribution in [-0.2, 0) is 6.42 Å². The standard InChI is InChI=1S/C18H21NO/c1-12-11-18(20)13(2)10-17(12)19-16-9-5-7-14-6-3-4-8-15(14)16/h3-4,6,8,10-11,16,19-20H,5,7,9H2,1-2H3. The lowest BCUT2D eigenvalue weighted by Crippen LogP contribution is -2.17. The van der Waals surface area contributed by atoms with Gasteiger partial charge in [-0.1, -0.05) is 24.3 Å². The Bertz CT molecular complexity index is 633. The smallest absolute Gasteiger partial charge is 0.118 e. The second-order valence-corrected chi connectivity index (χ2v) is 5.74. The highest BCUT2D eigenvalue weighted by molar-refractivity contribution is 5.58. The minimum atomic E-state index is 0.372. The second kappa shape index (κ2) is 5.20. The van der Waals surface area contributed by atoms with Crippen molar-refractivity contribution in [2.45, 2.75) is 39.2 Å². The summed E-state index contributed by atoms with van der Waals surface area (Å²) in [5.74, 6) is 0.372. The Morgan fingerprint density at radius 3 is 2.75 bits per heavy atom. The highest BCUT2D eigenvalue weighted by atomic mass is 16.3. The van der Waals surface area contributed by atoms with Gasteiger partial charge in [0.2, 0.25) is 0 Å². The molecule has 1 atom stereocenters. The Morgan fingerprint density at radius 2 is 1.90 bits per heavy atom. The van der Waals surface area contributed by atoms with Crippen molar-refractivity contribution >= 4 is 5.69 Å². The molecule has 2 heteroatoms. The van der Waals surface area contributed by atoms with Gasteiger partial charge in [0.1, 0.15) is 5.75 Å². The van der Waals surface area contributed by atoms with Crippen molar-refractivity contribution < 1.29 is 5.11 Å². The molecule has 0 spiro atoms. The van der Waals surface area contributed by atoms with Crippen LogP contribution in [-0.4, -0.2) is 5.11 Å². The predicted octanol–water partition coefficient (Wildman–Crippen LogP) is 4.50. The summed E-state index contributed by atoms with van der Waals surface area (Å²) in [6.45, 7) is 3.98. The van der Waals surface area contributed by atoms with E-state index < -0.39 is 0 Å². The zero-order chi connectivity index (χ0) is 14.1. The number of aromatic hydroxyl groups is 1. The first-order valence-corrected chi connectivity index (χ1v) is 7.29.